The number of rotatable bonds is 3. The maximum atomic E-state index is 13.0. The van der Waals surface area contributed by atoms with Crippen LogP contribution in [-0.2, 0) is 4.79 Å². The number of carbonyl (C=O) groups is 1. The molecule has 1 aromatic rings. The standard InChI is InChI=1S/C11H14F2N2O/c1-7(15(2)11(16)6-14)8-3-4-9(12)10(13)5-8/h3-5,7H,6,14H2,1-2H3. The summed E-state index contributed by atoms with van der Waals surface area (Å²) in [6.07, 6.45) is 0. The minimum Gasteiger partial charge on any atom is -0.338 e. The third kappa shape index (κ3) is 2.55. The second-order valence-corrected chi connectivity index (χ2v) is 3.56. The Kier molecular flexibility index (Phi) is 3.95. The molecule has 0 fully saturated rings. The Morgan fingerprint density at radius 1 is 1.44 bits per heavy atom. The normalized spacial score (nSPS) is 12.3. The fourth-order valence-corrected chi connectivity index (χ4v) is 1.36. The van der Waals surface area contributed by atoms with Gasteiger partial charge in [0.15, 0.2) is 11.6 Å². The quantitative estimate of drug-likeness (QED) is 0.851. The number of hydrogen-bond acceptors (Lipinski definition) is 2. The first kappa shape index (κ1) is 12.6. The molecule has 0 radical (unpaired) electrons. The van der Waals surface area contributed by atoms with Crippen LogP contribution in [0.15, 0.2) is 18.2 Å². The predicted octanol–water partition coefficient (Wildman–Crippen LogP) is 1.44. The Labute approximate surface area is 92.8 Å². The Hall–Kier alpha value is -1.49. The fourth-order valence-electron chi connectivity index (χ4n) is 1.36. The number of carbonyl (C=O) groups excluding carboxylic acids is 1. The molecule has 1 aromatic carbocycles. The third-order valence-electron chi connectivity index (χ3n) is 2.58. The Morgan fingerprint density at radius 3 is 2.56 bits per heavy atom. The van der Waals surface area contributed by atoms with Gasteiger partial charge in [0, 0.05) is 7.05 Å². The molecule has 0 aliphatic rings. The average molecular weight is 228 g/mol. The van der Waals surface area contributed by atoms with Crippen molar-refractivity contribution in [3.8, 4) is 0 Å². The minimum absolute atomic E-state index is 0.107. The van der Waals surface area contributed by atoms with Gasteiger partial charge in [-0.15, -0.1) is 0 Å². The van der Waals surface area contributed by atoms with Crippen LogP contribution in [0.2, 0.25) is 0 Å². The highest BCUT2D eigenvalue weighted by molar-refractivity contribution is 5.78. The third-order valence-corrected chi connectivity index (χ3v) is 2.58. The van der Waals surface area contributed by atoms with Crippen molar-refractivity contribution in [2.75, 3.05) is 13.6 Å². The number of halogens is 2. The number of nitrogens with zero attached hydrogens (tertiary/aromatic N) is 1. The van der Waals surface area contributed by atoms with E-state index in [0.717, 1.165) is 12.1 Å². The van der Waals surface area contributed by atoms with E-state index in [1.165, 1.54) is 11.0 Å². The summed E-state index contributed by atoms with van der Waals surface area (Å²) in [5, 5.41) is 0. The molecular formula is C11H14F2N2O. The van der Waals surface area contributed by atoms with Crippen molar-refractivity contribution in [3.63, 3.8) is 0 Å². The summed E-state index contributed by atoms with van der Waals surface area (Å²) >= 11 is 0. The highest BCUT2D eigenvalue weighted by Crippen LogP contribution is 2.20. The van der Waals surface area contributed by atoms with Gasteiger partial charge < -0.3 is 10.6 Å². The SMILES string of the molecule is CC(c1ccc(F)c(F)c1)N(C)C(=O)CN. The van der Waals surface area contributed by atoms with Crippen LogP contribution in [0.1, 0.15) is 18.5 Å². The summed E-state index contributed by atoms with van der Waals surface area (Å²) < 4.78 is 25.7. The van der Waals surface area contributed by atoms with Gasteiger partial charge in [-0.2, -0.15) is 0 Å². The van der Waals surface area contributed by atoms with Crippen LogP contribution >= 0.6 is 0 Å². The monoisotopic (exact) mass is 228 g/mol. The zero-order valence-electron chi connectivity index (χ0n) is 9.21. The van der Waals surface area contributed by atoms with Crippen molar-refractivity contribution in [2.24, 2.45) is 5.73 Å². The second-order valence-electron chi connectivity index (χ2n) is 3.56. The molecule has 1 unspecified atom stereocenters. The van der Waals surface area contributed by atoms with Crippen LogP contribution in [0, 0.1) is 11.6 Å². The first-order valence-electron chi connectivity index (χ1n) is 4.88. The number of likely N-dealkylation sites (N-methyl/N-ethyl adjacent to an activating group) is 1. The highest BCUT2D eigenvalue weighted by Gasteiger charge is 2.17. The van der Waals surface area contributed by atoms with Gasteiger partial charge in [-0.05, 0) is 24.6 Å². The van der Waals surface area contributed by atoms with E-state index in [2.05, 4.69) is 0 Å². The molecule has 1 atom stereocenters. The van der Waals surface area contributed by atoms with E-state index in [1.807, 2.05) is 0 Å². The largest absolute Gasteiger partial charge is 0.338 e. The molecular weight excluding hydrogens is 214 g/mol. The summed E-state index contributed by atoms with van der Waals surface area (Å²) in [4.78, 5) is 12.7. The first-order valence-corrected chi connectivity index (χ1v) is 4.88. The maximum absolute atomic E-state index is 13.0. The van der Waals surface area contributed by atoms with Gasteiger partial charge in [0.2, 0.25) is 5.91 Å². The zero-order chi connectivity index (χ0) is 12.3. The molecule has 2 N–H and O–H groups in total. The molecule has 88 valence electrons. The van der Waals surface area contributed by atoms with Gasteiger partial charge in [-0.25, -0.2) is 8.78 Å². The van der Waals surface area contributed by atoms with Crippen LogP contribution in [0.5, 0.6) is 0 Å². The lowest BCUT2D eigenvalue weighted by Gasteiger charge is -2.24. The fraction of sp³-hybridized carbons (Fsp3) is 0.364. The van der Waals surface area contributed by atoms with Crippen LogP contribution in [-0.4, -0.2) is 24.4 Å². The molecule has 0 saturated carbocycles. The van der Waals surface area contributed by atoms with Crippen molar-refractivity contribution < 1.29 is 13.6 Å². The molecule has 0 aliphatic carbocycles. The summed E-state index contributed by atoms with van der Waals surface area (Å²) in [6.45, 7) is 1.62. The predicted molar refractivity (Wildman–Crippen MR) is 56.6 cm³/mol. The van der Waals surface area contributed by atoms with Gasteiger partial charge in [0.25, 0.3) is 0 Å². The molecule has 0 bridgehead atoms. The lowest BCUT2D eigenvalue weighted by atomic mass is 10.1. The maximum Gasteiger partial charge on any atom is 0.236 e. The molecule has 1 amide bonds. The van der Waals surface area contributed by atoms with E-state index in [4.69, 9.17) is 5.73 Å². The molecule has 1 rings (SSSR count). The van der Waals surface area contributed by atoms with E-state index < -0.39 is 11.6 Å². The van der Waals surface area contributed by atoms with E-state index in [0.29, 0.717) is 5.56 Å². The van der Waals surface area contributed by atoms with Crippen LogP contribution in [0.3, 0.4) is 0 Å². The topological polar surface area (TPSA) is 46.3 Å². The smallest absolute Gasteiger partial charge is 0.236 e. The number of nitrogens with two attached hydrogens (primary N) is 1. The Bertz CT molecular complexity index is 396. The van der Waals surface area contributed by atoms with Crippen LogP contribution < -0.4 is 5.73 Å². The molecule has 0 heterocycles. The molecule has 0 saturated heterocycles. The second kappa shape index (κ2) is 5.03. The molecule has 3 nitrogen and oxygen atoms in total. The zero-order valence-corrected chi connectivity index (χ0v) is 9.21. The van der Waals surface area contributed by atoms with E-state index >= 15 is 0 Å². The van der Waals surface area contributed by atoms with E-state index in [-0.39, 0.29) is 18.5 Å². The molecule has 16 heavy (non-hydrogen) atoms. The Morgan fingerprint density at radius 2 is 2.06 bits per heavy atom. The number of hydrogen-bond donors (Lipinski definition) is 1. The van der Waals surface area contributed by atoms with Gasteiger partial charge in [-0.1, -0.05) is 6.07 Å². The van der Waals surface area contributed by atoms with Crippen molar-refractivity contribution in [2.45, 2.75) is 13.0 Å². The van der Waals surface area contributed by atoms with E-state index in [1.54, 1.807) is 14.0 Å². The molecule has 0 aliphatic heterocycles. The summed E-state index contributed by atoms with van der Waals surface area (Å²) in [7, 11) is 1.57. The van der Waals surface area contributed by atoms with Crippen molar-refractivity contribution in [1.29, 1.82) is 0 Å². The number of benzene rings is 1. The van der Waals surface area contributed by atoms with Gasteiger partial charge >= 0.3 is 0 Å². The van der Waals surface area contributed by atoms with Gasteiger partial charge in [-0.3, -0.25) is 4.79 Å². The van der Waals surface area contributed by atoms with Gasteiger partial charge in [0.05, 0.1) is 12.6 Å². The summed E-state index contributed by atoms with van der Waals surface area (Å²) in [5.41, 5.74) is 5.75. The Balaban J connectivity index is 2.91. The van der Waals surface area contributed by atoms with Crippen molar-refractivity contribution in [3.05, 3.63) is 35.4 Å². The minimum atomic E-state index is -0.919. The lowest BCUT2D eigenvalue weighted by Crippen LogP contribution is -2.34. The lowest BCUT2D eigenvalue weighted by molar-refractivity contribution is -0.130. The first-order chi connectivity index (χ1) is 7.47. The van der Waals surface area contributed by atoms with Crippen LogP contribution in [0.4, 0.5) is 8.78 Å². The highest BCUT2D eigenvalue weighted by atomic mass is 19.2. The van der Waals surface area contributed by atoms with E-state index in [9.17, 15) is 13.6 Å². The van der Waals surface area contributed by atoms with Crippen molar-refractivity contribution in [1.82, 2.24) is 4.90 Å². The van der Waals surface area contributed by atoms with Gasteiger partial charge in [0.1, 0.15) is 0 Å². The molecule has 0 aromatic heterocycles. The summed E-state index contributed by atoms with van der Waals surface area (Å²) in [6, 6.07) is 3.23. The summed E-state index contributed by atoms with van der Waals surface area (Å²) in [5.74, 6) is -2.07. The molecule has 0 spiro atoms. The number of amides is 1. The average Bonchev–Trinajstić information content (AvgIpc) is 2.29. The molecule has 5 heteroatoms. The van der Waals surface area contributed by atoms with Crippen molar-refractivity contribution >= 4 is 5.91 Å². The van der Waals surface area contributed by atoms with Crippen LogP contribution in [0.25, 0.3) is 0 Å².